The number of carbonyl (C=O) groups is 2. The van der Waals surface area contributed by atoms with Gasteiger partial charge in [0.2, 0.25) is 0 Å². The number of rotatable bonds is 1. The maximum atomic E-state index is 12.9. The number of fused-ring (bicyclic) bond motifs is 1. The van der Waals surface area contributed by atoms with Gasteiger partial charge in [-0.3, -0.25) is 14.6 Å². The minimum Gasteiger partial charge on any atom is -0.493 e. The lowest BCUT2D eigenvalue weighted by Crippen LogP contribution is -2.35. The highest BCUT2D eigenvalue weighted by atomic mass is 35.5. The number of amides is 2. The number of ether oxygens (including phenoxy) is 1. The van der Waals surface area contributed by atoms with Crippen LogP contribution in [0.15, 0.2) is 36.5 Å². The van der Waals surface area contributed by atoms with Gasteiger partial charge in [0.15, 0.2) is 0 Å². The zero-order chi connectivity index (χ0) is 19.9. The summed E-state index contributed by atoms with van der Waals surface area (Å²) in [5, 5.41) is 3.39. The van der Waals surface area contributed by atoms with Crippen molar-refractivity contribution in [3.63, 3.8) is 0 Å². The summed E-state index contributed by atoms with van der Waals surface area (Å²) in [4.78, 5) is 31.4. The Morgan fingerprint density at radius 2 is 2.04 bits per heavy atom. The molecule has 0 saturated heterocycles. The quantitative estimate of drug-likeness (QED) is 0.794. The lowest BCUT2D eigenvalue weighted by Gasteiger charge is -2.23. The highest BCUT2D eigenvalue weighted by Gasteiger charge is 2.19. The summed E-state index contributed by atoms with van der Waals surface area (Å²) in [5.74, 6) is 0.234. The summed E-state index contributed by atoms with van der Waals surface area (Å²) in [6.45, 7) is 3.99. The fourth-order valence-corrected chi connectivity index (χ4v) is 3.31. The Morgan fingerprint density at radius 1 is 1.21 bits per heavy atom. The lowest BCUT2D eigenvalue weighted by molar-refractivity contribution is 0.0736. The van der Waals surface area contributed by atoms with Crippen molar-refractivity contribution < 1.29 is 14.3 Å². The molecule has 1 aromatic heterocycles. The SMILES string of the molecule is Cc1cccnc1C(=O)N1CCCCNC(=O)c2cc(Cl)ccc2OCCC1. The molecule has 2 heterocycles. The van der Waals surface area contributed by atoms with Gasteiger partial charge in [-0.2, -0.15) is 0 Å². The van der Waals surface area contributed by atoms with E-state index in [1.807, 2.05) is 24.0 Å². The van der Waals surface area contributed by atoms with E-state index >= 15 is 0 Å². The van der Waals surface area contributed by atoms with Crippen molar-refractivity contribution in [3.05, 3.63) is 58.4 Å². The number of nitrogens with one attached hydrogen (secondary N) is 1. The Labute approximate surface area is 169 Å². The molecule has 0 bridgehead atoms. The molecule has 1 N–H and O–H groups in total. The van der Waals surface area contributed by atoms with Crippen molar-refractivity contribution in [2.45, 2.75) is 26.2 Å². The van der Waals surface area contributed by atoms with Gasteiger partial charge >= 0.3 is 0 Å². The number of hydrogen-bond acceptors (Lipinski definition) is 4. The Morgan fingerprint density at radius 3 is 2.86 bits per heavy atom. The van der Waals surface area contributed by atoms with Crippen molar-refractivity contribution in [1.82, 2.24) is 15.2 Å². The molecule has 1 aliphatic heterocycles. The second-order valence-electron chi connectivity index (χ2n) is 6.77. The predicted octanol–water partition coefficient (Wildman–Crippen LogP) is 3.48. The van der Waals surface area contributed by atoms with Crippen molar-refractivity contribution in [3.8, 4) is 5.75 Å². The van der Waals surface area contributed by atoms with Crippen molar-refractivity contribution in [2.24, 2.45) is 0 Å². The number of benzene rings is 1. The van der Waals surface area contributed by atoms with E-state index in [4.69, 9.17) is 16.3 Å². The Hall–Kier alpha value is -2.60. The molecule has 0 radical (unpaired) electrons. The molecule has 28 heavy (non-hydrogen) atoms. The fraction of sp³-hybridized carbons (Fsp3) is 0.381. The van der Waals surface area contributed by atoms with Gasteiger partial charge in [-0.25, -0.2) is 0 Å². The molecule has 148 valence electrons. The normalized spacial score (nSPS) is 15.9. The number of halogens is 1. The highest BCUT2D eigenvalue weighted by molar-refractivity contribution is 6.31. The number of pyridine rings is 1. The monoisotopic (exact) mass is 401 g/mol. The summed E-state index contributed by atoms with van der Waals surface area (Å²) in [6.07, 6.45) is 3.86. The van der Waals surface area contributed by atoms with Crippen LogP contribution in [0.4, 0.5) is 0 Å². The Balaban J connectivity index is 1.73. The van der Waals surface area contributed by atoms with E-state index in [2.05, 4.69) is 10.3 Å². The first-order valence-electron chi connectivity index (χ1n) is 9.47. The van der Waals surface area contributed by atoms with Gasteiger partial charge in [0, 0.05) is 30.9 Å². The Bertz CT molecular complexity index is 857. The van der Waals surface area contributed by atoms with Crippen LogP contribution in [0.3, 0.4) is 0 Å². The topological polar surface area (TPSA) is 71.5 Å². The maximum Gasteiger partial charge on any atom is 0.272 e. The van der Waals surface area contributed by atoms with Crippen molar-refractivity contribution in [2.75, 3.05) is 26.2 Å². The standard InChI is InChI=1S/C21H24ClN3O3/c1-15-6-4-10-23-19(15)21(27)25-11-3-2-9-24-20(26)17-14-16(22)7-8-18(17)28-13-5-12-25/h4,6-8,10,14H,2-3,5,9,11-13H2,1H3,(H,24,26). The summed E-state index contributed by atoms with van der Waals surface area (Å²) in [5.41, 5.74) is 1.79. The number of aryl methyl sites for hydroxylation is 1. The second-order valence-corrected chi connectivity index (χ2v) is 7.20. The second kappa shape index (κ2) is 9.55. The molecule has 2 amide bonds. The summed E-state index contributed by atoms with van der Waals surface area (Å²) in [6, 6.07) is 8.74. The molecule has 1 aliphatic rings. The van der Waals surface area contributed by atoms with E-state index in [1.54, 1.807) is 24.4 Å². The number of nitrogens with zero attached hydrogens (tertiary/aromatic N) is 2. The van der Waals surface area contributed by atoms with Crippen LogP contribution < -0.4 is 10.1 Å². The first kappa shape index (κ1) is 20.1. The van der Waals surface area contributed by atoms with Crippen LogP contribution in [0.5, 0.6) is 5.75 Å². The molecule has 0 atom stereocenters. The van der Waals surface area contributed by atoms with Gasteiger partial charge in [0.25, 0.3) is 11.8 Å². The van der Waals surface area contributed by atoms with Crippen LogP contribution in [0.1, 0.15) is 45.7 Å². The molecule has 3 rings (SSSR count). The van der Waals surface area contributed by atoms with E-state index in [-0.39, 0.29) is 11.8 Å². The summed E-state index contributed by atoms with van der Waals surface area (Å²) >= 11 is 6.03. The third kappa shape index (κ3) is 5.01. The minimum absolute atomic E-state index is 0.0656. The van der Waals surface area contributed by atoms with Gasteiger partial charge < -0.3 is 15.0 Å². The minimum atomic E-state index is -0.200. The maximum absolute atomic E-state index is 12.9. The largest absolute Gasteiger partial charge is 0.493 e. The van der Waals surface area contributed by atoms with Gasteiger partial charge in [0.1, 0.15) is 11.4 Å². The van der Waals surface area contributed by atoms with Gasteiger partial charge in [-0.15, -0.1) is 0 Å². The van der Waals surface area contributed by atoms with E-state index < -0.39 is 0 Å². The van der Waals surface area contributed by atoms with Gasteiger partial charge in [-0.1, -0.05) is 17.7 Å². The van der Waals surface area contributed by atoms with Crippen molar-refractivity contribution >= 4 is 23.4 Å². The molecule has 0 fully saturated rings. The molecule has 2 aromatic rings. The number of hydrogen-bond donors (Lipinski definition) is 1. The molecule has 1 aromatic carbocycles. The summed E-state index contributed by atoms with van der Waals surface area (Å²) in [7, 11) is 0. The van der Waals surface area contributed by atoms with E-state index in [9.17, 15) is 9.59 Å². The van der Waals surface area contributed by atoms with Crippen LogP contribution in [0, 0.1) is 6.92 Å². The van der Waals surface area contributed by atoms with E-state index in [0.717, 1.165) is 18.4 Å². The number of carbonyl (C=O) groups excluding carboxylic acids is 2. The lowest BCUT2D eigenvalue weighted by atomic mass is 10.1. The van der Waals surface area contributed by atoms with Crippen LogP contribution in [0.25, 0.3) is 0 Å². The third-order valence-electron chi connectivity index (χ3n) is 4.66. The molecular weight excluding hydrogens is 378 g/mol. The van der Waals surface area contributed by atoms with Crippen LogP contribution in [-0.2, 0) is 0 Å². The van der Waals surface area contributed by atoms with Crippen LogP contribution >= 0.6 is 11.6 Å². The van der Waals surface area contributed by atoms with Crippen molar-refractivity contribution in [1.29, 1.82) is 0 Å². The Kier molecular flexibility index (Phi) is 6.87. The van der Waals surface area contributed by atoms with Crippen LogP contribution in [0.2, 0.25) is 5.02 Å². The first-order chi connectivity index (χ1) is 13.6. The van der Waals surface area contributed by atoms with E-state index in [0.29, 0.717) is 54.7 Å². The number of aromatic nitrogens is 1. The molecule has 6 nitrogen and oxygen atoms in total. The molecule has 7 heteroatoms. The first-order valence-corrected chi connectivity index (χ1v) is 9.85. The molecule has 0 aliphatic carbocycles. The van der Waals surface area contributed by atoms with Crippen LogP contribution in [-0.4, -0.2) is 47.9 Å². The molecule has 0 saturated carbocycles. The smallest absolute Gasteiger partial charge is 0.272 e. The van der Waals surface area contributed by atoms with E-state index in [1.165, 1.54) is 0 Å². The molecular formula is C21H24ClN3O3. The molecule has 0 unspecified atom stereocenters. The predicted molar refractivity (Wildman–Crippen MR) is 108 cm³/mol. The third-order valence-corrected chi connectivity index (χ3v) is 4.89. The zero-order valence-electron chi connectivity index (χ0n) is 15.9. The summed E-state index contributed by atoms with van der Waals surface area (Å²) < 4.78 is 5.81. The highest BCUT2D eigenvalue weighted by Crippen LogP contribution is 2.23. The van der Waals surface area contributed by atoms with Gasteiger partial charge in [0.05, 0.1) is 12.2 Å². The fourth-order valence-electron chi connectivity index (χ4n) is 3.14. The average Bonchev–Trinajstić information content (AvgIpc) is 2.70. The van der Waals surface area contributed by atoms with Gasteiger partial charge in [-0.05, 0) is 56.0 Å². The molecule has 0 spiro atoms. The average molecular weight is 402 g/mol. The zero-order valence-corrected chi connectivity index (χ0v) is 16.7.